The smallest absolute Gasteiger partial charge is 0.231 e. The Balaban J connectivity index is 1.66. The van der Waals surface area contributed by atoms with E-state index in [1.54, 1.807) is 7.11 Å². The first-order valence-electron chi connectivity index (χ1n) is 6.64. The zero-order chi connectivity index (χ0) is 15.8. The van der Waals surface area contributed by atoms with Crippen molar-refractivity contribution in [2.75, 3.05) is 27.1 Å². The van der Waals surface area contributed by atoms with Crippen LogP contribution in [0.15, 0.2) is 18.2 Å². The Labute approximate surface area is 139 Å². The Morgan fingerprint density at radius 2 is 1.86 bits per heavy atom. The summed E-state index contributed by atoms with van der Waals surface area (Å²) >= 11 is 10.2. The summed E-state index contributed by atoms with van der Waals surface area (Å²) < 4.78 is 15.5. The molecule has 0 fully saturated rings. The van der Waals surface area contributed by atoms with Gasteiger partial charge in [-0.3, -0.25) is 10.9 Å². The first-order valence-corrected chi connectivity index (χ1v) is 7.46. The van der Waals surface area contributed by atoms with Crippen LogP contribution in [0.4, 0.5) is 0 Å². The van der Waals surface area contributed by atoms with Crippen LogP contribution in [0.3, 0.4) is 0 Å². The molecule has 1 aliphatic heterocycles. The maximum atomic E-state index is 5.33. The van der Waals surface area contributed by atoms with E-state index in [9.17, 15) is 0 Å². The first-order chi connectivity index (χ1) is 10.7. The van der Waals surface area contributed by atoms with Crippen molar-refractivity contribution in [2.24, 2.45) is 0 Å². The number of fused-ring (bicyclic) bond motifs is 1. The number of ether oxygens (including phenoxy) is 3. The second kappa shape index (κ2) is 8.57. The highest BCUT2D eigenvalue weighted by atomic mass is 32.1. The monoisotopic (exact) mass is 342 g/mol. The lowest BCUT2D eigenvalue weighted by atomic mass is 10.2. The summed E-state index contributed by atoms with van der Waals surface area (Å²) in [6.45, 7) is 2.04. The highest BCUT2D eigenvalue weighted by Crippen LogP contribution is 2.32. The van der Waals surface area contributed by atoms with Crippen LogP contribution in [0.5, 0.6) is 11.5 Å². The molecule has 0 amide bonds. The molecule has 0 bridgehead atoms. The predicted octanol–water partition coefficient (Wildman–Crippen LogP) is 0.405. The van der Waals surface area contributed by atoms with Gasteiger partial charge in [0, 0.05) is 20.2 Å². The minimum Gasteiger partial charge on any atom is -0.454 e. The molecular formula is C13H18N4O3S2. The summed E-state index contributed by atoms with van der Waals surface area (Å²) in [4.78, 5) is 0. The third-order valence-corrected chi connectivity index (χ3v) is 3.26. The lowest BCUT2D eigenvalue weighted by Crippen LogP contribution is -2.50. The predicted molar refractivity (Wildman–Crippen MR) is 90.8 cm³/mol. The van der Waals surface area contributed by atoms with Crippen LogP contribution < -0.4 is 31.0 Å². The number of hydrogen-bond donors (Lipinski definition) is 4. The molecule has 1 heterocycles. The summed E-state index contributed by atoms with van der Waals surface area (Å²) in [6.07, 6.45) is 0. The van der Waals surface area contributed by atoms with Gasteiger partial charge in [-0.25, -0.2) is 0 Å². The summed E-state index contributed by atoms with van der Waals surface area (Å²) in [5.41, 5.74) is 6.62. The van der Waals surface area contributed by atoms with Crippen molar-refractivity contribution in [3.63, 3.8) is 0 Å². The maximum absolute atomic E-state index is 5.33. The molecule has 0 saturated heterocycles. The van der Waals surface area contributed by atoms with Gasteiger partial charge in [-0.2, -0.15) is 0 Å². The lowest BCUT2D eigenvalue weighted by Gasteiger charge is -2.14. The van der Waals surface area contributed by atoms with Gasteiger partial charge in [-0.15, -0.1) is 0 Å². The van der Waals surface area contributed by atoms with Crippen LogP contribution in [-0.2, 0) is 11.3 Å². The largest absolute Gasteiger partial charge is 0.454 e. The van der Waals surface area contributed by atoms with Crippen molar-refractivity contribution in [1.29, 1.82) is 0 Å². The second-order valence-corrected chi connectivity index (χ2v) is 5.19. The van der Waals surface area contributed by atoms with Crippen molar-refractivity contribution in [3.8, 4) is 11.5 Å². The lowest BCUT2D eigenvalue weighted by molar-refractivity contribution is 0.174. The molecule has 9 heteroatoms. The van der Waals surface area contributed by atoms with E-state index in [4.69, 9.17) is 38.6 Å². The number of hydrogen-bond acceptors (Lipinski definition) is 5. The number of benzene rings is 1. The molecule has 4 N–H and O–H groups in total. The molecule has 0 spiro atoms. The Morgan fingerprint density at radius 1 is 1.14 bits per heavy atom. The number of methoxy groups -OCH3 is 1. The van der Waals surface area contributed by atoms with Crippen LogP contribution in [0.1, 0.15) is 5.56 Å². The maximum Gasteiger partial charge on any atom is 0.231 e. The van der Waals surface area contributed by atoms with Crippen LogP contribution in [0, 0.1) is 0 Å². The fourth-order valence-corrected chi connectivity index (χ4v) is 1.98. The van der Waals surface area contributed by atoms with E-state index >= 15 is 0 Å². The fraction of sp³-hybridized carbons (Fsp3) is 0.385. The summed E-state index contributed by atoms with van der Waals surface area (Å²) in [5.74, 6) is 1.51. The van der Waals surface area contributed by atoms with Gasteiger partial charge in [0.15, 0.2) is 21.7 Å². The Kier molecular flexibility index (Phi) is 6.44. The minimum atomic E-state index is 0.267. The van der Waals surface area contributed by atoms with Crippen molar-refractivity contribution in [1.82, 2.24) is 21.5 Å². The quantitative estimate of drug-likeness (QED) is 0.346. The minimum absolute atomic E-state index is 0.267. The average Bonchev–Trinajstić information content (AvgIpc) is 2.98. The average molecular weight is 342 g/mol. The SMILES string of the molecule is COCCNC(=S)NNC(=S)NCc1ccc2c(c1)OCO2. The van der Waals surface area contributed by atoms with E-state index in [0.29, 0.717) is 29.9 Å². The van der Waals surface area contributed by atoms with Gasteiger partial charge in [-0.1, -0.05) is 6.07 Å². The topological polar surface area (TPSA) is 75.8 Å². The molecule has 1 aromatic carbocycles. The Morgan fingerprint density at radius 3 is 2.64 bits per heavy atom. The molecule has 1 aliphatic rings. The summed E-state index contributed by atoms with van der Waals surface area (Å²) in [6, 6.07) is 5.75. The molecule has 1 aromatic rings. The van der Waals surface area contributed by atoms with E-state index in [2.05, 4.69) is 21.5 Å². The Bertz CT molecular complexity index is 542. The van der Waals surface area contributed by atoms with Gasteiger partial charge < -0.3 is 24.8 Å². The molecule has 120 valence electrons. The van der Waals surface area contributed by atoms with Crippen molar-refractivity contribution in [2.45, 2.75) is 6.54 Å². The van der Waals surface area contributed by atoms with Gasteiger partial charge in [0.05, 0.1) is 6.61 Å². The van der Waals surface area contributed by atoms with Crippen LogP contribution in [-0.4, -0.2) is 37.3 Å². The van der Waals surface area contributed by atoms with Crippen LogP contribution in [0.25, 0.3) is 0 Å². The summed E-state index contributed by atoms with van der Waals surface area (Å²) in [5, 5.41) is 6.90. The van der Waals surface area contributed by atoms with Crippen molar-refractivity contribution in [3.05, 3.63) is 23.8 Å². The molecule has 2 rings (SSSR count). The molecule has 0 unspecified atom stereocenters. The normalized spacial score (nSPS) is 11.7. The molecular weight excluding hydrogens is 324 g/mol. The van der Waals surface area contributed by atoms with Gasteiger partial charge in [0.1, 0.15) is 0 Å². The highest BCUT2D eigenvalue weighted by molar-refractivity contribution is 7.80. The van der Waals surface area contributed by atoms with E-state index < -0.39 is 0 Å². The van der Waals surface area contributed by atoms with E-state index in [-0.39, 0.29) is 6.79 Å². The third kappa shape index (κ3) is 5.17. The zero-order valence-corrected chi connectivity index (χ0v) is 13.7. The van der Waals surface area contributed by atoms with Crippen molar-refractivity contribution >= 4 is 34.7 Å². The van der Waals surface area contributed by atoms with Crippen LogP contribution in [0.2, 0.25) is 0 Å². The van der Waals surface area contributed by atoms with Gasteiger partial charge in [0.2, 0.25) is 6.79 Å². The zero-order valence-electron chi connectivity index (χ0n) is 12.1. The third-order valence-electron chi connectivity index (χ3n) is 2.77. The number of thiocarbonyl (C=S) groups is 2. The fourth-order valence-electron chi connectivity index (χ4n) is 1.70. The van der Waals surface area contributed by atoms with Crippen molar-refractivity contribution < 1.29 is 14.2 Å². The summed E-state index contributed by atoms with van der Waals surface area (Å²) in [7, 11) is 1.63. The number of nitrogens with one attached hydrogen (secondary N) is 4. The molecule has 0 atom stereocenters. The van der Waals surface area contributed by atoms with E-state index in [1.807, 2.05) is 18.2 Å². The number of rotatable bonds is 5. The van der Waals surface area contributed by atoms with E-state index in [0.717, 1.165) is 17.1 Å². The molecule has 0 radical (unpaired) electrons. The molecule has 0 aliphatic carbocycles. The number of hydrazine groups is 1. The standard InChI is InChI=1S/C13H18N4O3S2/c1-18-5-4-14-12(21)16-17-13(22)15-7-9-2-3-10-11(6-9)20-8-19-10/h2-3,6H,4-5,7-8H2,1H3,(H2,14,16,21)(H2,15,17,22). The van der Waals surface area contributed by atoms with Gasteiger partial charge >= 0.3 is 0 Å². The molecule has 7 nitrogen and oxygen atoms in total. The van der Waals surface area contributed by atoms with Gasteiger partial charge in [0.25, 0.3) is 0 Å². The molecule has 22 heavy (non-hydrogen) atoms. The highest BCUT2D eigenvalue weighted by Gasteiger charge is 2.12. The van der Waals surface area contributed by atoms with E-state index in [1.165, 1.54) is 0 Å². The van der Waals surface area contributed by atoms with Crippen LogP contribution >= 0.6 is 24.4 Å². The Hall–Kier alpha value is -1.84. The van der Waals surface area contributed by atoms with Gasteiger partial charge in [-0.05, 0) is 42.1 Å². The first kappa shape index (κ1) is 16.5. The second-order valence-electron chi connectivity index (χ2n) is 4.37. The molecule has 0 aromatic heterocycles. The molecule has 0 saturated carbocycles.